The van der Waals surface area contributed by atoms with Gasteiger partial charge in [0.05, 0.1) is 12.4 Å². The third kappa shape index (κ3) is 8.47. The van der Waals surface area contributed by atoms with Gasteiger partial charge in [0.1, 0.15) is 5.75 Å². The molecule has 1 aliphatic carbocycles. The van der Waals surface area contributed by atoms with E-state index in [0.717, 1.165) is 78.5 Å². The quantitative estimate of drug-likeness (QED) is 0.0789. The Hall–Kier alpha value is -4.23. The normalized spacial score (nSPS) is 15.1. The lowest BCUT2D eigenvalue weighted by Gasteiger charge is -2.33. The fourth-order valence-corrected chi connectivity index (χ4v) is 8.26. The van der Waals surface area contributed by atoms with Crippen LogP contribution in [-0.2, 0) is 15.5 Å². The summed E-state index contributed by atoms with van der Waals surface area (Å²) in [6.07, 6.45) is 7.00. The van der Waals surface area contributed by atoms with E-state index in [-0.39, 0.29) is 11.2 Å². The van der Waals surface area contributed by atoms with Crippen molar-refractivity contribution in [2.45, 2.75) is 77.6 Å². The lowest BCUT2D eigenvalue weighted by molar-refractivity contribution is 0.308. The standard InChI is InChI=1S/C45H51NO4S/c1-4-5-22-45(23-6-9-26-51(47,48)49)43-27-33(3)12-20-41(43)42-21-19-37(31-44(42)45)34-15-17-36(18-16-34)39-28-38(35-13-10-32(2)11-14-35)29-40(30-39)50-25-8-7-24-46/h10-21,27-31H,4-9,22-26,46H2,1-3H3,(H,47,48,49). The van der Waals surface area contributed by atoms with Gasteiger partial charge >= 0.3 is 0 Å². The Morgan fingerprint density at radius 3 is 1.78 bits per heavy atom. The lowest BCUT2D eigenvalue weighted by atomic mass is 9.70. The van der Waals surface area contributed by atoms with Crippen LogP contribution in [-0.4, -0.2) is 31.9 Å². The number of ether oxygens (including phenoxy) is 1. The molecular weight excluding hydrogens is 651 g/mol. The number of fused-ring (bicyclic) bond motifs is 3. The Morgan fingerprint density at radius 2 is 1.16 bits per heavy atom. The van der Waals surface area contributed by atoms with E-state index in [1.807, 2.05) is 0 Å². The SMILES string of the molecule is CCCCC1(CCCCS(=O)(=O)O)c2cc(C)ccc2-c2ccc(-c3ccc(-c4cc(OCCCCN)cc(-c5ccc(C)cc5)c4)cc3)cc21. The lowest BCUT2D eigenvalue weighted by Crippen LogP contribution is -2.26. The van der Waals surface area contributed by atoms with E-state index in [4.69, 9.17) is 10.5 Å². The zero-order chi connectivity index (χ0) is 36.0. The number of nitrogens with two attached hydrogens (primary N) is 1. The van der Waals surface area contributed by atoms with Crippen molar-refractivity contribution in [1.82, 2.24) is 0 Å². The first-order valence-corrected chi connectivity index (χ1v) is 20.1. The largest absolute Gasteiger partial charge is 0.494 e. The number of unbranched alkanes of at least 4 members (excludes halogenated alkanes) is 3. The summed E-state index contributed by atoms with van der Waals surface area (Å²) in [7, 11) is -3.99. The maximum absolute atomic E-state index is 11.6. The molecule has 0 spiro atoms. The van der Waals surface area contributed by atoms with Gasteiger partial charge < -0.3 is 10.5 Å². The summed E-state index contributed by atoms with van der Waals surface area (Å²) in [5, 5.41) is 0. The van der Waals surface area contributed by atoms with Crippen molar-refractivity contribution in [2.75, 3.05) is 18.9 Å². The topological polar surface area (TPSA) is 89.6 Å². The summed E-state index contributed by atoms with van der Waals surface area (Å²) in [6.45, 7) is 7.78. The Kier molecular flexibility index (Phi) is 11.5. The molecule has 5 aromatic carbocycles. The predicted octanol–water partition coefficient (Wildman–Crippen LogP) is 10.9. The number of benzene rings is 5. The fourth-order valence-electron chi connectivity index (χ4n) is 7.70. The van der Waals surface area contributed by atoms with Crippen LogP contribution in [0.4, 0.5) is 0 Å². The van der Waals surface area contributed by atoms with Crippen molar-refractivity contribution in [3.63, 3.8) is 0 Å². The summed E-state index contributed by atoms with van der Waals surface area (Å²) >= 11 is 0. The highest BCUT2D eigenvalue weighted by Gasteiger charge is 2.42. The zero-order valence-corrected chi connectivity index (χ0v) is 31.1. The predicted molar refractivity (Wildman–Crippen MR) is 212 cm³/mol. The molecule has 6 heteroatoms. The molecule has 0 fully saturated rings. The molecule has 0 radical (unpaired) electrons. The van der Waals surface area contributed by atoms with Crippen LogP contribution in [0.25, 0.3) is 44.5 Å². The molecule has 0 saturated carbocycles. The maximum Gasteiger partial charge on any atom is 0.264 e. The van der Waals surface area contributed by atoms with Crippen molar-refractivity contribution >= 4 is 10.1 Å². The van der Waals surface area contributed by atoms with Crippen molar-refractivity contribution in [2.24, 2.45) is 5.73 Å². The van der Waals surface area contributed by atoms with Crippen molar-refractivity contribution in [3.05, 3.63) is 125 Å². The molecular formula is C45H51NO4S. The molecule has 0 amide bonds. The van der Waals surface area contributed by atoms with Crippen LogP contribution in [0.5, 0.6) is 5.75 Å². The molecule has 0 aromatic heterocycles. The van der Waals surface area contributed by atoms with Gasteiger partial charge in [0, 0.05) is 5.41 Å². The molecule has 0 aliphatic heterocycles. The van der Waals surface area contributed by atoms with Gasteiger partial charge in [0.25, 0.3) is 10.1 Å². The first-order valence-electron chi connectivity index (χ1n) is 18.5. The highest BCUT2D eigenvalue weighted by molar-refractivity contribution is 7.85. The van der Waals surface area contributed by atoms with Gasteiger partial charge in [0.15, 0.2) is 0 Å². The van der Waals surface area contributed by atoms with Crippen molar-refractivity contribution in [3.8, 4) is 50.3 Å². The molecule has 0 heterocycles. The summed E-state index contributed by atoms with van der Waals surface area (Å²) in [4.78, 5) is 0. The van der Waals surface area contributed by atoms with Crippen LogP contribution in [0.2, 0.25) is 0 Å². The number of hydrogen-bond acceptors (Lipinski definition) is 4. The van der Waals surface area contributed by atoms with Gasteiger partial charge in [-0.15, -0.1) is 0 Å². The van der Waals surface area contributed by atoms with Gasteiger partial charge in [-0.05, 0) is 132 Å². The van der Waals surface area contributed by atoms with Crippen LogP contribution in [0.3, 0.4) is 0 Å². The minimum absolute atomic E-state index is 0.202. The molecule has 1 aliphatic rings. The van der Waals surface area contributed by atoms with Crippen LogP contribution >= 0.6 is 0 Å². The summed E-state index contributed by atoms with van der Waals surface area (Å²) in [5.41, 5.74) is 20.0. The van der Waals surface area contributed by atoms with Gasteiger partial charge in [-0.3, -0.25) is 4.55 Å². The van der Waals surface area contributed by atoms with Crippen LogP contribution in [0.1, 0.15) is 80.5 Å². The first-order chi connectivity index (χ1) is 24.6. The Bertz CT molecular complexity index is 2070. The van der Waals surface area contributed by atoms with Crippen LogP contribution < -0.4 is 10.5 Å². The minimum atomic E-state index is -3.99. The Labute approximate surface area is 304 Å². The Balaban J connectivity index is 1.35. The molecule has 51 heavy (non-hydrogen) atoms. The third-order valence-electron chi connectivity index (χ3n) is 10.4. The molecule has 5 aromatic rings. The Morgan fingerprint density at radius 1 is 0.608 bits per heavy atom. The van der Waals surface area contributed by atoms with E-state index in [1.165, 1.54) is 38.9 Å². The summed E-state index contributed by atoms with van der Waals surface area (Å²) in [5.74, 6) is 0.657. The van der Waals surface area contributed by atoms with Gasteiger partial charge in [-0.1, -0.05) is 116 Å². The van der Waals surface area contributed by atoms with E-state index < -0.39 is 10.1 Å². The second kappa shape index (κ2) is 16.0. The maximum atomic E-state index is 11.6. The van der Waals surface area contributed by atoms with Crippen LogP contribution in [0.15, 0.2) is 103 Å². The van der Waals surface area contributed by atoms with E-state index in [1.54, 1.807) is 0 Å². The second-order valence-electron chi connectivity index (χ2n) is 14.3. The fraction of sp³-hybridized carbons (Fsp3) is 0.333. The highest BCUT2D eigenvalue weighted by Crippen LogP contribution is 2.55. The summed E-state index contributed by atoms with van der Waals surface area (Å²) < 4.78 is 38.8. The average Bonchev–Trinajstić information content (AvgIpc) is 3.39. The summed E-state index contributed by atoms with van der Waals surface area (Å²) in [6, 6.07) is 37.6. The van der Waals surface area contributed by atoms with Gasteiger partial charge in [-0.25, -0.2) is 0 Å². The molecule has 5 nitrogen and oxygen atoms in total. The zero-order valence-electron chi connectivity index (χ0n) is 30.3. The van der Waals surface area contributed by atoms with E-state index in [0.29, 0.717) is 19.6 Å². The highest BCUT2D eigenvalue weighted by atomic mass is 32.2. The van der Waals surface area contributed by atoms with Crippen molar-refractivity contribution in [1.29, 1.82) is 0 Å². The van der Waals surface area contributed by atoms with Gasteiger partial charge in [0.2, 0.25) is 0 Å². The molecule has 3 N–H and O–H groups in total. The molecule has 0 bridgehead atoms. The number of hydrogen-bond donors (Lipinski definition) is 2. The molecule has 0 saturated heterocycles. The number of aryl methyl sites for hydroxylation is 2. The van der Waals surface area contributed by atoms with E-state index in [2.05, 4.69) is 124 Å². The van der Waals surface area contributed by atoms with Gasteiger partial charge in [-0.2, -0.15) is 8.42 Å². The smallest absolute Gasteiger partial charge is 0.264 e. The molecule has 266 valence electrons. The number of rotatable bonds is 16. The molecule has 1 atom stereocenters. The monoisotopic (exact) mass is 701 g/mol. The molecule has 6 rings (SSSR count). The first kappa shape index (κ1) is 36.6. The average molecular weight is 702 g/mol. The van der Waals surface area contributed by atoms with E-state index in [9.17, 15) is 13.0 Å². The minimum Gasteiger partial charge on any atom is -0.494 e. The second-order valence-corrected chi connectivity index (χ2v) is 15.8. The third-order valence-corrected chi connectivity index (χ3v) is 11.2. The molecule has 1 unspecified atom stereocenters. The van der Waals surface area contributed by atoms with E-state index >= 15 is 0 Å². The van der Waals surface area contributed by atoms with Crippen LogP contribution in [0, 0.1) is 13.8 Å². The van der Waals surface area contributed by atoms with Crippen molar-refractivity contribution < 1.29 is 17.7 Å².